The smallest absolute Gasteiger partial charge is 0.0897 e. The van der Waals surface area contributed by atoms with Gasteiger partial charge in [-0.05, 0) is 88.9 Å². The second-order valence-electron chi connectivity index (χ2n) is 9.53. The Morgan fingerprint density at radius 3 is 2.09 bits per heavy atom. The van der Waals surface area contributed by atoms with E-state index in [-0.39, 0.29) is 17.9 Å². The molecule has 0 amide bonds. The Kier molecular flexibility index (Phi) is 6.44. The van der Waals surface area contributed by atoms with Crippen LogP contribution in [-0.4, -0.2) is 36.5 Å². The molecule has 4 saturated carbocycles. The van der Waals surface area contributed by atoms with Crippen molar-refractivity contribution in [2.45, 2.75) is 77.4 Å². The maximum absolute atomic E-state index is 9.99. The third-order valence-electron chi connectivity index (χ3n) is 6.12. The molecule has 0 aromatic carbocycles. The summed E-state index contributed by atoms with van der Waals surface area (Å²) in [6, 6.07) is 0. The van der Waals surface area contributed by atoms with E-state index in [2.05, 4.69) is 26.1 Å². The van der Waals surface area contributed by atoms with Gasteiger partial charge in [0.05, 0.1) is 12.7 Å². The molecular formula is C19H35ClNO2-. The molecule has 4 heteroatoms. The third kappa shape index (κ3) is 5.32. The Morgan fingerprint density at radius 1 is 1.09 bits per heavy atom. The normalized spacial score (nSPS) is 36.8. The lowest BCUT2D eigenvalue weighted by Gasteiger charge is -2.57. The monoisotopic (exact) mass is 344 g/mol. The highest BCUT2D eigenvalue weighted by Gasteiger charge is 2.50. The lowest BCUT2D eigenvalue weighted by Crippen LogP contribution is -3.00. The summed E-state index contributed by atoms with van der Waals surface area (Å²) in [5.74, 6) is 3.06. The zero-order valence-corrected chi connectivity index (χ0v) is 15.9. The van der Waals surface area contributed by atoms with E-state index in [9.17, 15) is 5.11 Å². The van der Waals surface area contributed by atoms with E-state index in [1.165, 1.54) is 44.9 Å². The Morgan fingerprint density at radius 2 is 1.61 bits per heavy atom. The van der Waals surface area contributed by atoms with Crippen molar-refractivity contribution < 1.29 is 22.3 Å². The topological polar surface area (TPSA) is 41.5 Å². The van der Waals surface area contributed by atoms with Crippen LogP contribution in [0.15, 0.2) is 0 Å². The molecule has 0 aromatic rings. The van der Waals surface area contributed by atoms with Crippen LogP contribution in [0.1, 0.15) is 65.7 Å². The maximum atomic E-state index is 9.99. The molecule has 23 heavy (non-hydrogen) atoms. The average molecular weight is 345 g/mol. The molecule has 136 valence electrons. The number of ether oxygens (including phenoxy) is 1. The van der Waals surface area contributed by atoms with Gasteiger partial charge in [-0.3, -0.25) is 0 Å². The minimum atomic E-state index is -0.393. The fraction of sp³-hybridized carbons (Fsp3) is 1.00. The molecule has 4 fully saturated rings. The fourth-order valence-corrected chi connectivity index (χ4v) is 5.59. The summed E-state index contributed by atoms with van der Waals surface area (Å²) in [6.45, 7) is 8.27. The first kappa shape index (κ1) is 19.5. The number of β-amino-alcohol motifs (C(OH)–C–C–N with tert-alkyl or cyclic N) is 1. The van der Waals surface area contributed by atoms with Crippen LogP contribution in [0.3, 0.4) is 0 Å². The van der Waals surface area contributed by atoms with Crippen LogP contribution >= 0.6 is 0 Å². The summed E-state index contributed by atoms with van der Waals surface area (Å²) in [7, 11) is 0. The van der Waals surface area contributed by atoms with E-state index in [0.717, 1.165) is 24.4 Å². The van der Waals surface area contributed by atoms with Crippen molar-refractivity contribution >= 4 is 0 Å². The first-order valence-corrected chi connectivity index (χ1v) is 9.34. The van der Waals surface area contributed by atoms with Crippen molar-refractivity contribution in [3.63, 3.8) is 0 Å². The van der Waals surface area contributed by atoms with Gasteiger partial charge >= 0.3 is 0 Å². The Balaban J connectivity index is 0.00000192. The first-order chi connectivity index (χ1) is 10.3. The van der Waals surface area contributed by atoms with Crippen LogP contribution in [-0.2, 0) is 4.74 Å². The third-order valence-corrected chi connectivity index (χ3v) is 6.12. The number of aliphatic hydroxyl groups is 1. The Labute approximate surface area is 148 Å². The van der Waals surface area contributed by atoms with Gasteiger partial charge in [-0.2, -0.15) is 0 Å². The van der Waals surface area contributed by atoms with Gasteiger partial charge in [0.1, 0.15) is 0 Å². The van der Waals surface area contributed by atoms with Gasteiger partial charge in [0, 0.05) is 18.7 Å². The molecule has 2 N–H and O–H groups in total. The van der Waals surface area contributed by atoms with Crippen molar-refractivity contribution in [3.05, 3.63) is 0 Å². The zero-order valence-electron chi connectivity index (χ0n) is 15.1. The molecule has 4 aliphatic carbocycles. The van der Waals surface area contributed by atoms with Gasteiger partial charge in [-0.1, -0.05) is 0 Å². The molecule has 3 nitrogen and oxygen atoms in total. The highest BCUT2D eigenvalue weighted by molar-refractivity contribution is 5.01. The SMILES string of the molecule is CC(C)(C)NCC(O)COCCC12CC3CC(CC(C3)C1)C2.[Cl-]. The van der Waals surface area contributed by atoms with Crippen molar-refractivity contribution in [1.29, 1.82) is 0 Å². The second-order valence-corrected chi connectivity index (χ2v) is 9.53. The molecule has 0 saturated heterocycles. The fourth-order valence-electron chi connectivity index (χ4n) is 5.59. The maximum Gasteiger partial charge on any atom is 0.0897 e. The minimum absolute atomic E-state index is 0. The van der Waals surface area contributed by atoms with E-state index < -0.39 is 6.10 Å². The molecule has 1 atom stereocenters. The average Bonchev–Trinajstić information content (AvgIpc) is 2.39. The molecule has 0 spiro atoms. The number of aliphatic hydroxyl groups excluding tert-OH is 1. The van der Waals surface area contributed by atoms with Gasteiger partial charge in [0.15, 0.2) is 0 Å². The molecule has 0 aliphatic heterocycles. The highest BCUT2D eigenvalue weighted by atomic mass is 35.5. The van der Waals surface area contributed by atoms with E-state index in [0.29, 0.717) is 18.6 Å². The van der Waals surface area contributed by atoms with Gasteiger partial charge in [-0.25, -0.2) is 0 Å². The van der Waals surface area contributed by atoms with Crippen LogP contribution in [0.2, 0.25) is 0 Å². The number of rotatable bonds is 7. The molecule has 4 aliphatic rings. The van der Waals surface area contributed by atoms with E-state index >= 15 is 0 Å². The Hall–Kier alpha value is 0.170. The summed E-state index contributed by atoms with van der Waals surface area (Å²) >= 11 is 0. The van der Waals surface area contributed by atoms with Crippen LogP contribution in [0.25, 0.3) is 0 Å². The van der Waals surface area contributed by atoms with Crippen LogP contribution in [0.5, 0.6) is 0 Å². The van der Waals surface area contributed by atoms with Crippen LogP contribution in [0, 0.1) is 23.2 Å². The van der Waals surface area contributed by atoms with Crippen LogP contribution in [0.4, 0.5) is 0 Å². The summed E-state index contributed by atoms with van der Waals surface area (Å²) in [4.78, 5) is 0. The number of hydrogen-bond acceptors (Lipinski definition) is 3. The summed E-state index contributed by atoms with van der Waals surface area (Å²) in [5.41, 5.74) is 0.656. The molecule has 1 unspecified atom stereocenters. The second kappa shape index (κ2) is 7.59. The predicted molar refractivity (Wildman–Crippen MR) is 89.8 cm³/mol. The van der Waals surface area contributed by atoms with Gasteiger partial charge in [0.25, 0.3) is 0 Å². The minimum Gasteiger partial charge on any atom is -1.00 e. The van der Waals surface area contributed by atoms with Gasteiger partial charge < -0.3 is 27.6 Å². The molecule has 0 aromatic heterocycles. The number of halogens is 1. The molecular weight excluding hydrogens is 310 g/mol. The Bertz CT molecular complexity index is 345. The van der Waals surface area contributed by atoms with Gasteiger partial charge in [0.2, 0.25) is 0 Å². The quantitative estimate of drug-likeness (QED) is 0.655. The lowest BCUT2D eigenvalue weighted by atomic mass is 9.49. The van der Waals surface area contributed by atoms with E-state index in [1.807, 2.05) is 0 Å². The molecule has 4 bridgehead atoms. The summed E-state index contributed by atoms with van der Waals surface area (Å²) in [6.07, 6.45) is 9.72. The lowest BCUT2D eigenvalue weighted by molar-refractivity contribution is -0.0731. The number of nitrogens with one attached hydrogen (secondary N) is 1. The summed E-state index contributed by atoms with van der Waals surface area (Å²) in [5, 5.41) is 13.3. The highest BCUT2D eigenvalue weighted by Crippen LogP contribution is 2.61. The van der Waals surface area contributed by atoms with Crippen LogP contribution < -0.4 is 17.7 Å². The molecule has 4 rings (SSSR count). The number of hydrogen-bond donors (Lipinski definition) is 2. The summed E-state index contributed by atoms with van der Waals surface area (Å²) < 4.78 is 5.81. The van der Waals surface area contributed by atoms with Crippen molar-refractivity contribution in [2.75, 3.05) is 19.8 Å². The zero-order chi connectivity index (χ0) is 15.8. The van der Waals surface area contributed by atoms with Crippen molar-refractivity contribution in [2.24, 2.45) is 23.2 Å². The van der Waals surface area contributed by atoms with Crippen molar-refractivity contribution in [3.8, 4) is 0 Å². The first-order valence-electron chi connectivity index (χ1n) is 9.34. The van der Waals surface area contributed by atoms with Crippen molar-refractivity contribution in [1.82, 2.24) is 5.32 Å². The van der Waals surface area contributed by atoms with E-state index in [4.69, 9.17) is 4.74 Å². The largest absolute Gasteiger partial charge is 1.00 e. The van der Waals surface area contributed by atoms with E-state index in [1.54, 1.807) is 0 Å². The standard InChI is InChI=1S/C19H35NO2.ClH/c1-18(2,3)20-12-17(21)13-22-5-4-19-9-14-6-15(10-19)8-16(7-14)11-19;/h14-17,20-21H,4-13H2,1-3H3;1H/p-1. The molecule has 0 heterocycles. The predicted octanol–water partition coefficient (Wildman–Crippen LogP) is 0.363. The van der Waals surface area contributed by atoms with Gasteiger partial charge in [-0.15, -0.1) is 0 Å². The molecule has 0 radical (unpaired) electrons.